The number of benzene rings is 1. The molecule has 4 nitrogen and oxygen atoms in total. The SMILES string of the molecule is CNC(C)c1cccc(OCc2ccno2)c1. The molecule has 90 valence electrons. The van der Waals surface area contributed by atoms with Crippen molar-refractivity contribution >= 4 is 0 Å². The van der Waals surface area contributed by atoms with Crippen molar-refractivity contribution in [3.8, 4) is 5.75 Å². The fourth-order valence-electron chi connectivity index (χ4n) is 1.51. The highest BCUT2D eigenvalue weighted by Crippen LogP contribution is 2.19. The number of nitrogens with one attached hydrogen (secondary N) is 1. The highest BCUT2D eigenvalue weighted by molar-refractivity contribution is 5.30. The molecule has 0 bridgehead atoms. The summed E-state index contributed by atoms with van der Waals surface area (Å²) >= 11 is 0. The van der Waals surface area contributed by atoms with Gasteiger partial charge in [-0.15, -0.1) is 0 Å². The van der Waals surface area contributed by atoms with Crippen LogP contribution in [0.25, 0.3) is 0 Å². The van der Waals surface area contributed by atoms with Gasteiger partial charge in [0.05, 0.1) is 6.20 Å². The van der Waals surface area contributed by atoms with Crippen LogP contribution in [0, 0.1) is 0 Å². The molecule has 0 amide bonds. The Hall–Kier alpha value is -1.81. The maximum absolute atomic E-state index is 5.62. The van der Waals surface area contributed by atoms with Gasteiger partial charge in [0.2, 0.25) is 0 Å². The van der Waals surface area contributed by atoms with E-state index in [-0.39, 0.29) is 0 Å². The maximum atomic E-state index is 5.62. The largest absolute Gasteiger partial charge is 0.486 e. The fourth-order valence-corrected chi connectivity index (χ4v) is 1.51. The van der Waals surface area contributed by atoms with E-state index in [2.05, 4.69) is 23.5 Å². The van der Waals surface area contributed by atoms with Gasteiger partial charge in [-0.2, -0.15) is 0 Å². The first kappa shape index (κ1) is 11.7. The maximum Gasteiger partial charge on any atom is 0.174 e. The number of rotatable bonds is 5. The van der Waals surface area contributed by atoms with Crippen molar-refractivity contribution in [3.05, 3.63) is 47.9 Å². The van der Waals surface area contributed by atoms with Crippen molar-refractivity contribution in [1.29, 1.82) is 0 Å². The lowest BCUT2D eigenvalue weighted by Crippen LogP contribution is -2.12. The minimum absolute atomic E-state index is 0.309. The summed E-state index contributed by atoms with van der Waals surface area (Å²) in [6, 6.07) is 10.1. The van der Waals surface area contributed by atoms with Crippen LogP contribution in [-0.4, -0.2) is 12.2 Å². The number of hydrogen-bond acceptors (Lipinski definition) is 4. The van der Waals surface area contributed by atoms with Gasteiger partial charge in [-0.3, -0.25) is 0 Å². The van der Waals surface area contributed by atoms with Crippen LogP contribution in [0.5, 0.6) is 5.75 Å². The first-order valence-corrected chi connectivity index (χ1v) is 5.59. The first-order chi connectivity index (χ1) is 8.29. The lowest BCUT2D eigenvalue weighted by atomic mass is 10.1. The van der Waals surface area contributed by atoms with Gasteiger partial charge in [0.15, 0.2) is 5.76 Å². The molecule has 0 aliphatic rings. The molecule has 0 fully saturated rings. The second kappa shape index (κ2) is 5.50. The van der Waals surface area contributed by atoms with E-state index >= 15 is 0 Å². The van der Waals surface area contributed by atoms with Crippen LogP contribution in [0.4, 0.5) is 0 Å². The Kier molecular flexibility index (Phi) is 3.77. The van der Waals surface area contributed by atoms with E-state index in [1.807, 2.05) is 25.2 Å². The normalized spacial score (nSPS) is 12.4. The summed E-state index contributed by atoms with van der Waals surface area (Å²) in [7, 11) is 1.94. The molecule has 1 N–H and O–H groups in total. The summed E-state index contributed by atoms with van der Waals surface area (Å²) in [5, 5.41) is 6.82. The van der Waals surface area contributed by atoms with Crippen LogP contribution in [0.15, 0.2) is 41.1 Å². The molecule has 0 saturated heterocycles. The summed E-state index contributed by atoms with van der Waals surface area (Å²) < 4.78 is 10.6. The minimum atomic E-state index is 0.309. The molecule has 0 spiro atoms. The number of ether oxygens (including phenoxy) is 1. The molecule has 1 unspecified atom stereocenters. The van der Waals surface area contributed by atoms with E-state index in [4.69, 9.17) is 9.26 Å². The van der Waals surface area contributed by atoms with Gasteiger partial charge in [0, 0.05) is 12.1 Å². The van der Waals surface area contributed by atoms with Gasteiger partial charge >= 0.3 is 0 Å². The van der Waals surface area contributed by atoms with Gasteiger partial charge in [0.25, 0.3) is 0 Å². The molecule has 0 saturated carbocycles. The fraction of sp³-hybridized carbons (Fsp3) is 0.308. The summed E-state index contributed by atoms with van der Waals surface area (Å²) in [5.41, 5.74) is 1.20. The monoisotopic (exact) mass is 232 g/mol. The molecule has 17 heavy (non-hydrogen) atoms. The second-order valence-corrected chi connectivity index (χ2v) is 3.85. The third kappa shape index (κ3) is 3.07. The Balaban J connectivity index is 2.01. The Morgan fingerprint density at radius 2 is 2.29 bits per heavy atom. The van der Waals surface area contributed by atoms with Crippen molar-refractivity contribution < 1.29 is 9.26 Å². The summed E-state index contributed by atoms with van der Waals surface area (Å²) in [5.74, 6) is 1.55. The molecule has 1 aromatic heterocycles. The number of nitrogens with zero attached hydrogens (tertiary/aromatic N) is 1. The van der Waals surface area contributed by atoms with Crippen LogP contribution >= 0.6 is 0 Å². The Morgan fingerprint density at radius 3 is 3.00 bits per heavy atom. The van der Waals surface area contributed by atoms with E-state index in [0.29, 0.717) is 12.6 Å². The van der Waals surface area contributed by atoms with E-state index < -0.39 is 0 Å². The van der Waals surface area contributed by atoms with Crippen molar-refractivity contribution in [2.45, 2.75) is 19.6 Å². The van der Waals surface area contributed by atoms with Crippen LogP contribution in [0.1, 0.15) is 24.3 Å². The zero-order valence-corrected chi connectivity index (χ0v) is 10.0. The minimum Gasteiger partial charge on any atom is -0.486 e. The van der Waals surface area contributed by atoms with E-state index in [1.54, 1.807) is 12.3 Å². The Bertz CT molecular complexity index is 454. The topological polar surface area (TPSA) is 47.3 Å². The Labute approximate surface area is 101 Å². The van der Waals surface area contributed by atoms with Crippen molar-refractivity contribution in [1.82, 2.24) is 10.5 Å². The molecule has 1 heterocycles. The van der Waals surface area contributed by atoms with Gasteiger partial charge in [0.1, 0.15) is 12.4 Å². The van der Waals surface area contributed by atoms with E-state index in [1.165, 1.54) is 5.56 Å². The lowest BCUT2D eigenvalue weighted by molar-refractivity contribution is 0.249. The molecule has 2 aromatic rings. The average molecular weight is 232 g/mol. The molecule has 4 heteroatoms. The molecule has 1 atom stereocenters. The smallest absolute Gasteiger partial charge is 0.174 e. The molecule has 0 aliphatic carbocycles. The first-order valence-electron chi connectivity index (χ1n) is 5.59. The number of hydrogen-bond donors (Lipinski definition) is 1. The summed E-state index contributed by atoms with van der Waals surface area (Å²) in [4.78, 5) is 0. The van der Waals surface area contributed by atoms with E-state index in [9.17, 15) is 0 Å². The quantitative estimate of drug-likeness (QED) is 0.860. The second-order valence-electron chi connectivity index (χ2n) is 3.85. The zero-order chi connectivity index (χ0) is 12.1. The van der Waals surface area contributed by atoms with Crippen LogP contribution < -0.4 is 10.1 Å². The standard InChI is InChI=1S/C13H16N2O2/c1-10(14-2)11-4-3-5-12(8-11)16-9-13-6-7-15-17-13/h3-8,10,14H,9H2,1-2H3. The molecule has 0 radical (unpaired) electrons. The highest BCUT2D eigenvalue weighted by Gasteiger charge is 2.04. The molecule has 0 aliphatic heterocycles. The van der Waals surface area contributed by atoms with Gasteiger partial charge in [-0.05, 0) is 31.7 Å². The third-order valence-electron chi connectivity index (χ3n) is 2.66. The lowest BCUT2D eigenvalue weighted by Gasteiger charge is -2.12. The van der Waals surface area contributed by atoms with Crippen LogP contribution in [-0.2, 0) is 6.61 Å². The average Bonchev–Trinajstić information content (AvgIpc) is 2.89. The van der Waals surface area contributed by atoms with Gasteiger partial charge < -0.3 is 14.6 Å². The van der Waals surface area contributed by atoms with Crippen LogP contribution in [0.2, 0.25) is 0 Å². The van der Waals surface area contributed by atoms with Crippen molar-refractivity contribution in [2.24, 2.45) is 0 Å². The summed E-state index contributed by atoms with van der Waals surface area (Å²) in [6.45, 7) is 2.51. The predicted octanol–water partition coefficient (Wildman–Crippen LogP) is 2.53. The van der Waals surface area contributed by atoms with Gasteiger partial charge in [-0.1, -0.05) is 17.3 Å². The molecular formula is C13H16N2O2. The molecular weight excluding hydrogens is 216 g/mol. The predicted molar refractivity (Wildman–Crippen MR) is 64.8 cm³/mol. The third-order valence-corrected chi connectivity index (χ3v) is 2.66. The number of aromatic nitrogens is 1. The van der Waals surface area contributed by atoms with Gasteiger partial charge in [-0.25, -0.2) is 0 Å². The molecule has 2 rings (SSSR count). The summed E-state index contributed by atoms with van der Waals surface area (Å²) in [6.07, 6.45) is 1.61. The highest BCUT2D eigenvalue weighted by atomic mass is 16.5. The molecule has 1 aromatic carbocycles. The zero-order valence-electron chi connectivity index (χ0n) is 10.0. The van der Waals surface area contributed by atoms with Crippen molar-refractivity contribution in [3.63, 3.8) is 0 Å². The van der Waals surface area contributed by atoms with Crippen LogP contribution in [0.3, 0.4) is 0 Å². The Morgan fingerprint density at radius 1 is 1.41 bits per heavy atom. The van der Waals surface area contributed by atoms with Crippen molar-refractivity contribution in [2.75, 3.05) is 7.05 Å². The van der Waals surface area contributed by atoms with E-state index in [0.717, 1.165) is 11.5 Å².